The molecule has 0 atom stereocenters. The Bertz CT molecular complexity index is 1540. The Morgan fingerprint density at radius 3 is 2.81 bits per heavy atom. The quantitative estimate of drug-likeness (QED) is 0.278. The highest BCUT2D eigenvalue weighted by Crippen LogP contribution is 2.32. The Balaban J connectivity index is 1.30. The van der Waals surface area contributed by atoms with Crippen LogP contribution in [0.5, 0.6) is 23.0 Å². The van der Waals surface area contributed by atoms with E-state index in [1.54, 1.807) is 37.6 Å². The van der Waals surface area contributed by atoms with Gasteiger partial charge in [-0.1, -0.05) is 30.3 Å². The van der Waals surface area contributed by atoms with E-state index in [0.29, 0.717) is 28.6 Å². The lowest BCUT2D eigenvalue weighted by Crippen LogP contribution is -2.23. The zero-order valence-electron chi connectivity index (χ0n) is 20.1. The topological polar surface area (TPSA) is 103 Å². The number of methoxy groups -OCH3 is 1. The lowest BCUT2D eigenvalue weighted by molar-refractivity contribution is -0.117. The fourth-order valence-corrected chi connectivity index (χ4v) is 3.99. The van der Waals surface area contributed by atoms with Gasteiger partial charge in [-0.25, -0.2) is 0 Å². The molecule has 0 aliphatic carbocycles. The summed E-state index contributed by atoms with van der Waals surface area (Å²) in [7, 11) is 1.58. The first kappa shape index (κ1) is 23.7. The van der Waals surface area contributed by atoms with Crippen molar-refractivity contribution in [1.82, 2.24) is 10.3 Å². The van der Waals surface area contributed by atoms with E-state index >= 15 is 0 Å². The number of nitrogens with zero attached hydrogens (tertiary/aromatic N) is 2. The van der Waals surface area contributed by atoms with Gasteiger partial charge >= 0.3 is 0 Å². The normalized spacial score (nSPS) is 12.2. The maximum atomic E-state index is 12.7. The van der Waals surface area contributed by atoms with Crippen molar-refractivity contribution in [2.45, 2.75) is 13.2 Å². The van der Waals surface area contributed by atoms with Gasteiger partial charge in [0.1, 0.15) is 35.3 Å². The van der Waals surface area contributed by atoms with E-state index in [9.17, 15) is 10.1 Å². The summed E-state index contributed by atoms with van der Waals surface area (Å²) in [6.45, 7) is 0.647. The number of aromatic nitrogens is 1. The molecule has 37 heavy (non-hydrogen) atoms. The van der Waals surface area contributed by atoms with Crippen LogP contribution in [0.15, 0.2) is 78.5 Å². The number of carbonyl (C=O) groups excluding carboxylic acids is 1. The highest BCUT2D eigenvalue weighted by molar-refractivity contribution is 6.01. The Hall–Kier alpha value is -5.03. The van der Waals surface area contributed by atoms with Crippen molar-refractivity contribution in [1.29, 1.82) is 5.26 Å². The molecule has 8 heteroatoms. The number of carbonyl (C=O) groups is 1. The van der Waals surface area contributed by atoms with E-state index in [1.165, 1.54) is 6.08 Å². The summed E-state index contributed by atoms with van der Waals surface area (Å²) in [5.74, 6) is 2.12. The molecule has 0 saturated carbocycles. The number of ether oxygens (including phenoxy) is 4. The summed E-state index contributed by atoms with van der Waals surface area (Å²) in [5.41, 5.74) is 3.02. The number of fused-ring (bicyclic) bond motifs is 2. The van der Waals surface area contributed by atoms with Crippen LogP contribution < -0.4 is 24.3 Å². The minimum absolute atomic E-state index is 0.0176. The molecule has 5 rings (SSSR count). The number of rotatable bonds is 8. The number of para-hydroxylation sites is 1. The zero-order valence-corrected chi connectivity index (χ0v) is 20.1. The standard InChI is InChI=1S/C29H23N3O5/c1-34-24-9-7-19(13-23(24)17-35-26-6-2-4-21-5-3-11-31-28(21)26)12-22(15-30)29(33)32-16-20-8-10-25-27(14-20)37-18-36-25/h2-14H,16-18H2,1H3,(H,32,33)/b22-12+. The van der Waals surface area contributed by atoms with Gasteiger partial charge in [-0.2, -0.15) is 5.26 Å². The van der Waals surface area contributed by atoms with E-state index in [-0.39, 0.29) is 25.5 Å². The van der Waals surface area contributed by atoms with Crippen LogP contribution in [0.2, 0.25) is 0 Å². The number of nitrogens with one attached hydrogen (secondary N) is 1. The monoisotopic (exact) mass is 493 g/mol. The first-order chi connectivity index (χ1) is 18.1. The Morgan fingerprint density at radius 1 is 1.08 bits per heavy atom. The highest BCUT2D eigenvalue weighted by Gasteiger charge is 2.15. The van der Waals surface area contributed by atoms with Crippen molar-refractivity contribution in [2.75, 3.05) is 13.9 Å². The lowest BCUT2D eigenvalue weighted by atomic mass is 10.1. The molecule has 4 aromatic rings. The van der Waals surface area contributed by atoms with Crippen LogP contribution >= 0.6 is 0 Å². The Labute approximate surface area is 213 Å². The third kappa shape index (κ3) is 5.31. The van der Waals surface area contributed by atoms with Gasteiger partial charge in [-0.3, -0.25) is 9.78 Å². The smallest absolute Gasteiger partial charge is 0.262 e. The SMILES string of the molecule is COc1ccc(/C=C(\C#N)C(=O)NCc2ccc3c(c2)OCO3)cc1COc1cccc2cccnc12. The molecule has 1 aliphatic heterocycles. The molecule has 3 aromatic carbocycles. The first-order valence-corrected chi connectivity index (χ1v) is 11.6. The van der Waals surface area contributed by atoms with Gasteiger partial charge in [-0.15, -0.1) is 0 Å². The van der Waals surface area contributed by atoms with Gasteiger partial charge in [0.15, 0.2) is 11.5 Å². The fraction of sp³-hybridized carbons (Fsp3) is 0.138. The number of hydrogen-bond donors (Lipinski definition) is 1. The maximum Gasteiger partial charge on any atom is 0.262 e. The number of amides is 1. The molecule has 1 N–H and O–H groups in total. The second kappa shape index (κ2) is 10.7. The van der Waals surface area contributed by atoms with E-state index in [4.69, 9.17) is 18.9 Å². The second-order valence-electron chi connectivity index (χ2n) is 8.23. The molecule has 1 amide bonds. The Morgan fingerprint density at radius 2 is 1.95 bits per heavy atom. The summed E-state index contributed by atoms with van der Waals surface area (Å²) in [5, 5.41) is 13.4. The van der Waals surface area contributed by atoms with Crippen LogP contribution in [-0.4, -0.2) is 24.8 Å². The van der Waals surface area contributed by atoms with Crippen molar-refractivity contribution in [2.24, 2.45) is 0 Å². The molecule has 0 spiro atoms. The van der Waals surface area contributed by atoms with Gasteiger partial charge in [0.2, 0.25) is 6.79 Å². The van der Waals surface area contributed by atoms with E-state index in [2.05, 4.69) is 10.3 Å². The van der Waals surface area contributed by atoms with Crippen LogP contribution in [0.1, 0.15) is 16.7 Å². The molecule has 2 heterocycles. The number of benzene rings is 3. The third-order valence-corrected chi connectivity index (χ3v) is 5.85. The van der Waals surface area contributed by atoms with Crippen molar-refractivity contribution < 1.29 is 23.7 Å². The molecule has 1 aliphatic rings. The van der Waals surface area contributed by atoms with E-state index < -0.39 is 5.91 Å². The molecule has 0 bridgehead atoms. The van der Waals surface area contributed by atoms with Crippen molar-refractivity contribution in [3.05, 3.63) is 95.2 Å². The maximum absolute atomic E-state index is 12.7. The van der Waals surface area contributed by atoms with Crippen LogP contribution in [-0.2, 0) is 17.9 Å². The predicted molar refractivity (Wildman–Crippen MR) is 137 cm³/mol. The molecule has 0 saturated heterocycles. The summed E-state index contributed by atoms with van der Waals surface area (Å²) < 4.78 is 22.2. The van der Waals surface area contributed by atoms with Gasteiger partial charge in [0, 0.05) is 23.7 Å². The fourth-order valence-electron chi connectivity index (χ4n) is 3.99. The summed E-state index contributed by atoms with van der Waals surface area (Å²) in [4.78, 5) is 17.1. The van der Waals surface area contributed by atoms with Crippen LogP contribution in [0, 0.1) is 11.3 Å². The van der Waals surface area contributed by atoms with Gasteiger partial charge in [0.25, 0.3) is 5.91 Å². The van der Waals surface area contributed by atoms with E-state index in [1.807, 2.05) is 48.5 Å². The number of nitriles is 1. The first-order valence-electron chi connectivity index (χ1n) is 11.6. The molecule has 184 valence electrons. The second-order valence-corrected chi connectivity index (χ2v) is 8.23. The van der Waals surface area contributed by atoms with Gasteiger partial charge in [-0.05, 0) is 53.6 Å². The number of pyridine rings is 1. The molecule has 8 nitrogen and oxygen atoms in total. The molecule has 1 aromatic heterocycles. The molecule has 0 radical (unpaired) electrons. The van der Waals surface area contributed by atoms with Crippen molar-refractivity contribution >= 4 is 22.9 Å². The van der Waals surface area contributed by atoms with Crippen molar-refractivity contribution in [3.8, 4) is 29.1 Å². The lowest BCUT2D eigenvalue weighted by Gasteiger charge is -2.12. The summed E-state index contributed by atoms with van der Waals surface area (Å²) in [6.07, 6.45) is 3.26. The third-order valence-electron chi connectivity index (χ3n) is 5.85. The minimum Gasteiger partial charge on any atom is -0.496 e. The minimum atomic E-state index is -0.476. The molecule has 0 unspecified atom stereocenters. The largest absolute Gasteiger partial charge is 0.496 e. The number of hydrogen-bond acceptors (Lipinski definition) is 7. The molecular formula is C29H23N3O5. The average molecular weight is 494 g/mol. The van der Waals surface area contributed by atoms with Crippen LogP contribution in [0.4, 0.5) is 0 Å². The molecule has 0 fully saturated rings. The molecular weight excluding hydrogens is 470 g/mol. The van der Waals surface area contributed by atoms with Crippen LogP contribution in [0.25, 0.3) is 17.0 Å². The van der Waals surface area contributed by atoms with Gasteiger partial charge in [0.05, 0.1) is 7.11 Å². The van der Waals surface area contributed by atoms with Gasteiger partial charge < -0.3 is 24.3 Å². The predicted octanol–water partition coefficient (Wildman–Crippen LogP) is 4.77. The average Bonchev–Trinajstić information content (AvgIpc) is 3.41. The highest BCUT2D eigenvalue weighted by atomic mass is 16.7. The summed E-state index contributed by atoms with van der Waals surface area (Å²) >= 11 is 0. The summed E-state index contributed by atoms with van der Waals surface area (Å²) in [6, 6.07) is 22.4. The Kier molecular flexibility index (Phi) is 6.86. The zero-order chi connectivity index (χ0) is 25.6. The van der Waals surface area contributed by atoms with Crippen LogP contribution in [0.3, 0.4) is 0 Å². The van der Waals surface area contributed by atoms with Crippen molar-refractivity contribution in [3.63, 3.8) is 0 Å². The van der Waals surface area contributed by atoms with E-state index in [0.717, 1.165) is 22.0 Å².